The van der Waals surface area contributed by atoms with Gasteiger partial charge >= 0.3 is 0 Å². The smallest absolute Gasteiger partial charge is 0.290 e. The van der Waals surface area contributed by atoms with Gasteiger partial charge in [-0.3, -0.25) is 14.9 Å². The fourth-order valence-electron chi connectivity index (χ4n) is 1.93. The summed E-state index contributed by atoms with van der Waals surface area (Å²) in [7, 11) is 0. The molecule has 0 bridgehead atoms. The Bertz CT molecular complexity index is 566. The third-order valence-corrected chi connectivity index (χ3v) is 3.59. The Hall–Kier alpha value is -1.37. The Kier molecular flexibility index (Phi) is 3.42. The summed E-state index contributed by atoms with van der Waals surface area (Å²) >= 11 is 11.5. The fourth-order valence-corrected chi connectivity index (χ4v) is 2.33. The van der Waals surface area contributed by atoms with Gasteiger partial charge < -0.3 is 10.0 Å². The number of nitrogens with zero attached hydrogens (tertiary/aromatic N) is 2. The molecule has 8 heteroatoms. The summed E-state index contributed by atoms with van der Waals surface area (Å²) in [4.78, 5) is 23.5. The molecule has 19 heavy (non-hydrogen) atoms. The van der Waals surface area contributed by atoms with E-state index >= 15 is 0 Å². The lowest BCUT2D eigenvalue weighted by Gasteiger charge is -2.44. The second kappa shape index (κ2) is 4.63. The average Bonchev–Trinajstić information content (AvgIpc) is 2.27. The van der Waals surface area contributed by atoms with Crippen LogP contribution in [0.5, 0.6) is 0 Å². The van der Waals surface area contributed by atoms with Crippen LogP contribution in [0.25, 0.3) is 0 Å². The number of likely N-dealkylation sites (tertiary alicyclic amines) is 1. The molecule has 1 saturated heterocycles. The van der Waals surface area contributed by atoms with Crippen molar-refractivity contribution in [3.63, 3.8) is 0 Å². The number of benzene rings is 1. The molecule has 0 spiro atoms. The monoisotopic (exact) mass is 304 g/mol. The summed E-state index contributed by atoms with van der Waals surface area (Å²) in [6, 6.07) is 2.37. The molecule has 1 amide bonds. The van der Waals surface area contributed by atoms with Crippen molar-refractivity contribution in [3.8, 4) is 0 Å². The second-order valence-corrected chi connectivity index (χ2v) is 5.49. The molecular weight excluding hydrogens is 295 g/mol. The van der Waals surface area contributed by atoms with Gasteiger partial charge in [0.2, 0.25) is 0 Å². The molecule has 1 aliphatic rings. The molecule has 0 aromatic heterocycles. The highest BCUT2D eigenvalue weighted by molar-refractivity contribution is 6.43. The van der Waals surface area contributed by atoms with Crippen LogP contribution in [0.2, 0.25) is 10.0 Å². The summed E-state index contributed by atoms with van der Waals surface area (Å²) in [6.07, 6.45) is 0. The maximum absolute atomic E-state index is 12.0. The first-order chi connectivity index (χ1) is 8.71. The molecule has 1 aromatic rings. The Balaban J connectivity index is 2.31. The van der Waals surface area contributed by atoms with Crippen LogP contribution in [-0.2, 0) is 0 Å². The molecule has 0 radical (unpaired) electrons. The van der Waals surface area contributed by atoms with Crippen molar-refractivity contribution >= 4 is 34.8 Å². The lowest BCUT2D eigenvalue weighted by atomic mass is 9.96. The second-order valence-electron chi connectivity index (χ2n) is 4.71. The number of nitro groups is 1. The van der Waals surface area contributed by atoms with E-state index in [1.54, 1.807) is 6.92 Å². The topological polar surface area (TPSA) is 83.7 Å². The third-order valence-electron chi connectivity index (χ3n) is 2.80. The van der Waals surface area contributed by atoms with E-state index in [0.29, 0.717) is 0 Å². The van der Waals surface area contributed by atoms with Crippen LogP contribution in [0.15, 0.2) is 12.1 Å². The number of nitro benzene ring substituents is 1. The molecule has 0 saturated carbocycles. The minimum Gasteiger partial charge on any atom is -0.386 e. The summed E-state index contributed by atoms with van der Waals surface area (Å²) < 4.78 is 0. The van der Waals surface area contributed by atoms with Crippen LogP contribution < -0.4 is 0 Å². The molecule has 0 aliphatic carbocycles. The predicted octanol–water partition coefficient (Wildman–Crippen LogP) is 2.11. The fraction of sp³-hybridized carbons (Fsp3) is 0.364. The largest absolute Gasteiger partial charge is 0.386 e. The van der Waals surface area contributed by atoms with E-state index < -0.39 is 22.1 Å². The molecule has 0 unspecified atom stereocenters. The van der Waals surface area contributed by atoms with Crippen molar-refractivity contribution in [3.05, 3.63) is 37.9 Å². The van der Waals surface area contributed by atoms with Gasteiger partial charge in [-0.15, -0.1) is 0 Å². The number of hydrogen-bond acceptors (Lipinski definition) is 4. The number of hydrogen-bond donors (Lipinski definition) is 1. The normalized spacial score (nSPS) is 16.9. The molecule has 1 aliphatic heterocycles. The van der Waals surface area contributed by atoms with Crippen LogP contribution in [0, 0.1) is 10.1 Å². The van der Waals surface area contributed by atoms with Crippen molar-refractivity contribution in [2.45, 2.75) is 12.5 Å². The highest BCUT2D eigenvalue weighted by atomic mass is 35.5. The van der Waals surface area contributed by atoms with Gasteiger partial charge in [0.25, 0.3) is 11.6 Å². The molecule has 1 aromatic carbocycles. The summed E-state index contributed by atoms with van der Waals surface area (Å²) in [5.41, 5.74) is -1.24. The van der Waals surface area contributed by atoms with E-state index in [0.717, 1.165) is 6.07 Å². The average molecular weight is 305 g/mol. The van der Waals surface area contributed by atoms with E-state index in [2.05, 4.69) is 0 Å². The van der Waals surface area contributed by atoms with Crippen molar-refractivity contribution in [2.75, 3.05) is 13.1 Å². The van der Waals surface area contributed by atoms with Crippen LogP contribution in [0.3, 0.4) is 0 Å². The third kappa shape index (κ3) is 2.65. The predicted molar refractivity (Wildman–Crippen MR) is 69.6 cm³/mol. The lowest BCUT2D eigenvalue weighted by Crippen LogP contribution is -2.61. The maximum Gasteiger partial charge on any atom is 0.290 e. The Morgan fingerprint density at radius 3 is 2.53 bits per heavy atom. The van der Waals surface area contributed by atoms with Gasteiger partial charge in [0.1, 0.15) is 5.02 Å². The summed E-state index contributed by atoms with van der Waals surface area (Å²) in [5.74, 6) is -0.423. The van der Waals surface area contributed by atoms with Crippen LogP contribution in [-0.4, -0.2) is 39.5 Å². The number of carbonyl (C=O) groups excluding carboxylic acids is 1. The van der Waals surface area contributed by atoms with E-state index in [1.165, 1.54) is 11.0 Å². The Morgan fingerprint density at radius 1 is 1.47 bits per heavy atom. The van der Waals surface area contributed by atoms with Gasteiger partial charge in [0.15, 0.2) is 0 Å². The minimum atomic E-state index is -0.905. The summed E-state index contributed by atoms with van der Waals surface area (Å²) in [6.45, 7) is 1.97. The molecule has 1 N–H and O–H groups in total. The number of rotatable bonds is 2. The van der Waals surface area contributed by atoms with Crippen molar-refractivity contribution in [2.24, 2.45) is 0 Å². The Labute approximate surface area is 118 Å². The minimum absolute atomic E-state index is 0.0495. The van der Waals surface area contributed by atoms with E-state index in [1.807, 2.05) is 0 Å². The number of halogens is 2. The first-order valence-corrected chi connectivity index (χ1v) is 6.12. The number of carbonyl (C=O) groups is 1. The van der Waals surface area contributed by atoms with Crippen LogP contribution >= 0.6 is 23.2 Å². The van der Waals surface area contributed by atoms with Gasteiger partial charge in [0.05, 0.1) is 28.6 Å². The Morgan fingerprint density at radius 2 is 2.05 bits per heavy atom. The lowest BCUT2D eigenvalue weighted by molar-refractivity contribution is -0.384. The highest BCUT2D eigenvalue weighted by Crippen LogP contribution is 2.34. The zero-order chi connectivity index (χ0) is 14.4. The number of aliphatic hydroxyl groups is 1. The molecule has 6 nitrogen and oxygen atoms in total. The van der Waals surface area contributed by atoms with Gasteiger partial charge in [-0.2, -0.15) is 0 Å². The number of β-amino-alcohol motifs (C(OH)–C–C–N with tert-alkyl or cyclic N) is 1. The van der Waals surface area contributed by atoms with Crippen molar-refractivity contribution < 1.29 is 14.8 Å². The van der Waals surface area contributed by atoms with Gasteiger partial charge in [-0.05, 0) is 13.0 Å². The van der Waals surface area contributed by atoms with E-state index in [4.69, 9.17) is 23.2 Å². The zero-order valence-corrected chi connectivity index (χ0v) is 11.4. The van der Waals surface area contributed by atoms with E-state index in [9.17, 15) is 20.0 Å². The first-order valence-electron chi connectivity index (χ1n) is 5.36. The zero-order valence-electron chi connectivity index (χ0n) is 9.89. The molecule has 2 rings (SSSR count). The standard InChI is InChI=1S/C11H10Cl2N2O4/c1-11(17)4-14(5-11)10(16)6-2-7(12)9(13)8(3-6)15(18)19/h2-3,17H,4-5H2,1H3. The molecule has 102 valence electrons. The van der Waals surface area contributed by atoms with Crippen molar-refractivity contribution in [1.82, 2.24) is 4.90 Å². The SMILES string of the molecule is CC1(O)CN(C(=O)c2cc(Cl)c(Cl)c([N+](=O)[O-])c2)C1. The number of amides is 1. The van der Waals surface area contributed by atoms with Gasteiger partial charge in [-0.25, -0.2) is 0 Å². The van der Waals surface area contributed by atoms with Crippen LogP contribution in [0.1, 0.15) is 17.3 Å². The van der Waals surface area contributed by atoms with E-state index in [-0.39, 0.29) is 28.7 Å². The van der Waals surface area contributed by atoms with Crippen molar-refractivity contribution in [1.29, 1.82) is 0 Å². The first kappa shape index (κ1) is 14.0. The van der Waals surface area contributed by atoms with Gasteiger partial charge in [0, 0.05) is 11.6 Å². The molecule has 1 heterocycles. The molecular formula is C11H10Cl2N2O4. The van der Waals surface area contributed by atoms with Crippen LogP contribution in [0.4, 0.5) is 5.69 Å². The maximum atomic E-state index is 12.0. The summed E-state index contributed by atoms with van der Waals surface area (Å²) in [5, 5.41) is 20.1. The highest BCUT2D eigenvalue weighted by Gasteiger charge is 2.40. The quantitative estimate of drug-likeness (QED) is 0.670. The van der Waals surface area contributed by atoms with Gasteiger partial charge in [-0.1, -0.05) is 23.2 Å². The molecule has 1 fully saturated rings. The molecule has 0 atom stereocenters.